The monoisotopic (exact) mass is 286 g/mol. The highest BCUT2D eigenvalue weighted by atomic mass is 16.4. The quantitative estimate of drug-likeness (QED) is 0.827. The number of aromatic nitrogens is 1. The van der Waals surface area contributed by atoms with Crippen LogP contribution >= 0.6 is 0 Å². The van der Waals surface area contributed by atoms with E-state index in [1.165, 1.54) is 0 Å². The van der Waals surface area contributed by atoms with E-state index in [-0.39, 0.29) is 23.8 Å². The number of aliphatic carboxylic acids is 1. The van der Waals surface area contributed by atoms with Crippen molar-refractivity contribution < 1.29 is 14.7 Å². The van der Waals surface area contributed by atoms with Crippen LogP contribution in [-0.2, 0) is 9.59 Å². The van der Waals surface area contributed by atoms with Crippen molar-refractivity contribution >= 4 is 11.9 Å². The minimum absolute atomic E-state index is 0.000480. The second kappa shape index (κ2) is 5.31. The van der Waals surface area contributed by atoms with E-state index < -0.39 is 17.8 Å². The van der Waals surface area contributed by atoms with Crippen LogP contribution in [0.2, 0.25) is 0 Å². The molecule has 1 fully saturated rings. The van der Waals surface area contributed by atoms with Crippen molar-refractivity contribution in [1.82, 2.24) is 10.3 Å². The summed E-state index contributed by atoms with van der Waals surface area (Å²) in [6.07, 6.45) is 8.07. The first-order valence-electron chi connectivity index (χ1n) is 7.19. The molecule has 2 aliphatic rings. The van der Waals surface area contributed by atoms with Gasteiger partial charge in [0.25, 0.3) is 0 Å². The fraction of sp³-hybridized carbons (Fsp3) is 0.438. The normalized spacial score (nSPS) is 31.1. The summed E-state index contributed by atoms with van der Waals surface area (Å²) in [4.78, 5) is 27.9. The smallest absolute Gasteiger partial charge is 0.307 e. The van der Waals surface area contributed by atoms with E-state index in [4.69, 9.17) is 0 Å². The van der Waals surface area contributed by atoms with E-state index in [1.807, 2.05) is 31.2 Å². The zero-order valence-corrected chi connectivity index (χ0v) is 11.8. The molecule has 0 spiro atoms. The molecule has 0 saturated heterocycles. The number of rotatable bonds is 4. The van der Waals surface area contributed by atoms with Gasteiger partial charge in [-0.15, -0.1) is 0 Å². The van der Waals surface area contributed by atoms with E-state index >= 15 is 0 Å². The van der Waals surface area contributed by atoms with Crippen molar-refractivity contribution in [2.75, 3.05) is 0 Å². The number of carbonyl (C=O) groups excluding carboxylic acids is 1. The lowest BCUT2D eigenvalue weighted by molar-refractivity contribution is -0.148. The Kier molecular flexibility index (Phi) is 3.49. The Labute approximate surface area is 123 Å². The molecule has 3 rings (SSSR count). The van der Waals surface area contributed by atoms with Crippen molar-refractivity contribution in [3.05, 3.63) is 42.2 Å². The largest absolute Gasteiger partial charge is 0.481 e. The first kappa shape index (κ1) is 13.8. The van der Waals surface area contributed by atoms with Crippen LogP contribution in [0.25, 0.3) is 0 Å². The topological polar surface area (TPSA) is 79.3 Å². The molecule has 2 aliphatic carbocycles. The fourth-order valence-corrected chi connectivity index (χ4v) is 3.56. The van der Waals surface area contributed by atoms with Gasteiger partial charge in [0.1, 0.15) is 0 Å². The summed E-state index contributed by atoms with van der Waals surface area (Å²) in [7, 11) is 0. The molecule has 5 nitrogen and oxygen atoms in total. The third kappa shape index (κ3) is 2.44. The summed E-state index contributed by atoms with van der Waals surface area (Å²) >= 11 is 0. The summed E-state index contributed by atoms with van der Waals surface area (Å²) < 4.78 is 0. The molecule has 2 unspecified atom stereocenters. The third-order valence-electron chi connectivity index (χ3n) is 4.61. The van der Waals surface area contributed by atoms with Crippen molar-refractivity contribution in [2.24, 2.45) is 23.7 Å². The van der Waals surface area contributed by atoms with Crippen LogP contribution in [0, 0.1) is 23.7 Å². The number of carbonyl (C=O) groups is 2. The number of nitrogens with one attached hydrogen (secondary N) is 1. The average Bonchev–Trinajstić information content (AvgIpc) is 3.08. The molecule has 0 aliphatic heterocycles. The van der Waals surface area contributed by atoms with Gasteiger partial charge in [0.05, 0.1) is 17.9 Å². The molecule has 0 aromatic carbocycles. The summed E-state index contributed by atoms with van der Waals surface area (Å²) in [5.41, 5.74) is 0.962. The summed E-state index contributed by atoms with van der Waals surface area (Å²) in [5.74, 6) is -2.03. The van der Waals surface area contributed by atoms with Crippen LogP contribution in [0.15, 0.2) is 36.7 Å². The van der Waals surface area contributed by atoms with Gasteiger partial charge in [-0.25, -0.2) is 0 Å². The maximum Gasteiger partial charge on any atom is 0.307 e. The van der Waals surface area contributed by atoms with Crippen LogP contribution in [0.3, 0.4) is 0 Å². The molecule has 2 N–H and O–H groups in total. The summed E-state index contributed by atoms with van der Waals surface area (Å²) in [6, 6.07) is 3.54. The highest BCUT2D eigenvalue weighted by Crippen LogP contribution is 2.48. The second-order valence-electron chi connectivity index (χ2n) is 5.85. The van der Waals surface area contributed by atoms with Gasteiger partial charge in [0.15, 0.2) is 0 Å². The van der Waals surface area contributed by atoms with Gasteiger partial charge in [-0.1, -0.05) is 12.2 Å². The highest BCUT2D eigenvalue weighted by molar-refractivity contribution is 5.87. The van der Waals surface area contributed by atoms with E-state index in [2.05, 4.69) is 10.3 Å². The Balaban J connectivity index is 1.73. The number of hydrogen-bond donors (Lipinski definition) is 2. The zero-order chi connectivity index (χ0) is 15.0. The Hall–Kier alpha value is -2.17. The number of nitrogens with zero attached hydrogens (tertiary/aromatic N) is 1. The molecule has 5 heteroatoms. The van der Waals surface area contributed by atoms with Crippen LogP contribution in [0.4, 0.5) is 0 Å². The van der Waals surface area contributed by atoms with E-state index in [0.29, 0.717) is 0 Å². The summed E-state index contributed by atoms with van der Waals surface area (Å²) in [6.45, 7) is 1.89. The van der Waals surface area contributed by atoms with Gasteiger partial charge in [-0.3, -0.25) is 14.6 Å². The fourth-order valence-electron chi connectivity index (χ4n) is 3.56. The number of carboxylic acids is 1. The number of carboxylic acid groups (broad SMARTS) is 1. The average molecular weight is 286 g/mol. The molecule has 1 amide bonds. The van der Waals surface area contributed by atoms with Crippen LogP contribution in [-0.4, -0.2) is 22.0 Å². The van der Waals surface area contributed by atoms with Gasteiger partial charge in [-0.05, 0) is 42.9 Å². The van der Waals surface area contributed by atoms with E-state index in [1.54, 1.807) is 12.4 Å². The minimum Gasteiger partial charge on any atom is -0.481 e. The molecule has 1 aromatic rings. The Bertz CT molecular complexity index is 584. The molecule has 1 saturated carbocycles. The van der Waals surface area contributed by atoms with E-state index in [9.17, 15) is 14.7 Å². The van der Waals surface area contributed by atoms with Crippen LogP contribution < -0.4 is 5.32 Å². The number of allylic oxidation sites excluding steroid dienone is 2. The zero-order valence-electron chi connectivity index (χ0n) is 11.8. The standard InChI is InChI=1S/C16H18N2O3/c1-9(10-4-6-17-7-5-10)18-15(19)13-11-2-3-12(8-11)14(13)16(20)21/h2-7,9,11-14H,8H2,1H3,(H,18,19)(H,20,21)/t9-,11?,12?,13-,14+/m0/s1. The van der Waals surface area contributed by atoms with Gasteiger partial charge in [0, 0.05) is 12.4 Å². The molecular formula is C16H18N2O3. The number of amides is 1. The highest BCUT2D eigenvalue weighted by Gasteiger charge is 2.51. The Morgan fingerprint density at radius 3 is 2.48 bits per heavy atom. The van der Waals surface area contributed by atoms with Crippen LogP contribution in [0.5, 0.6) is 0 Å². The molecule has 5 atom stereocenters. The van der Waals surface area contributed by atoms with Crippen molar-refractivity contribution in [2.45, 2.75) is 19.4 Å². The first-order valence-corrected chi connectivity index (χ1v) is 7.19. The predicted octanol–water partition coefficient (Wildman–Crippen LogP) is 1.78. The molecule has 2 bridgehead atoms. The van der Waals surface area contributed by atoms with Crippen molar-refractivity contribution in [3.8, 4) is 0 Å². The SMILES string of the molecule is C[C@H](NC(=O)[C@H]1C2C=CC(C2)[C@H]1C(=O)O)c1ccncc1. The van der Waals surface area contributed by atoms with Crippen LogP contribution in [0.1, 0.15) is 24.9 Å². The first-order chi connectivity index (χ1) is 10.1. The molecule has 110 valence electrons. The second-order valence-corrected chi connectivity index (χ2v) is 5.85. The van der Waals surface area contributed by atoms with E-state index in [0.717, 1.165) is 12.0 Å². The number of hydrogen-bond acceptors (Lipinski definition) is 3. The maximum atomic E-state index is 12.5. The minimum atomic E-state index is -0.872. The summed E-state index contributed by atoms with van der Waals surface area (Å²) in [5, 5.41) is 12.3. The lowest BCUT2D eigenvalue weighted by Crippen LogP contribution is -2.41. The third-order valence-corrected chi connectivity index (χ3v) is 4.61. The predicted molar refractivity (Wildman–Crippen MR) is 76.1 cm³/mol. The lowest BCUT2D eigenvalue weighted by atomic mass is 9.82. The van der Waals surface area contributed by atoms with Crippen molar-refractivity contribution in [3.63, 3.8) is 0 Å². The van der Waals surface area contributed by atoms with Gasteiger partial charge >= 0.3 is 5.97 Å². The molecule has 1 aromatic heterocycles. The molecule has 21 heavy (non-hydrogen) atoms. The number of fused-ring (bicyclic) bond motifs is 2. The molecule has 1 heterocycles. The van der Waals surface area contributed by atoms with Gasteiger partial charge < -0.3 is 10.4 Å². The van der Waals surface area contributed by atoms with Gasteiger partial charge in [0.2, 0.25) is 5.91 Å². The molecule has 0 radical (unpaired) electrons. The number of pyridine rings is 1. The van der Waals surface area contributed by atoms with Crippen molar-refractivity contribution in [1.29, 1.82) is 0 Å². The lowest BCUT2D eigenvalue weighted by Gasteiger charge is -2.25. The molecular weight excluding hydrogens is 268 g/mol. The maximum absolute atomic E-state index is 12.5. The van der Waals surface area contributed by atoms with Gasteiger partial charge in [-0.2, -0.15) is 0 Å². The Morgan fingerprint density at radius 1 is 1.24 bits per heavy atom. The Morgan fingerprint density at radius 2 is 1.86 bits per heavy atom.